The highest BCUT2D eigenvalue weighted by molar-refractivity contribution is 5.99. The molecule has 0 aromatic heterocycles. The molecule has 0 aliphatic carbocycles. The number of ether oxygens (including phenoxy) is 3. The van der Waals surface area contributed by atoms with Gasteiger partial charge in [0.1, 0.15) is 5.60 Å². The van der Waals surface area contributed by atoms with Crippen molar-refractivity contribution in [2.45, 2.75) is 76.9 Å². The van der Waals surface area contributed by atoms with E-state index in [-0.39, 0.29) is 29.9 Å². The quantitative estimate of drug-likeness (QED) is 0.525. The Kier molecular flexibility index (Phi) is 6.64. The van der Waals surface area contributed by atoms with Crippen LogP contribution in [0.1, 0.15) is 75.1 Å². The molecule has 29 heavy (non-hydrogen) atoms. The molecule has 0 saturated carbocycles. The van der Waals surface area contributed by atoms with Gasteiger partial charge in [-0.15, -0.1) is 0 Å². The summed E-state index contributed by atoms with van der Waals surface area (Å²) in [5.41, 5.74) is 0.879. The first-order chi connectivity index (χ1) is 13.7. The summed E-state index contributed by atoms with van der Waals surface area (Å²) in [7, 11) is 3.14. The molecule has 1 amide bonds. The smallest absolute Gasteiger partial charge is 0.410 e. The molecule has 2 heterocycles. The van der Waals surface area contributed by atoms with Gasteiger partial charge in [-0.3, -0.25) is 4.79 Å². The highest BCUT2D eigenvalue weighted by Gasteiger charge is 2.44. The SMILES string of the molecule is COC(OC)c1ccccc1C(=O)C1CC2CCCC(C1)N2C(=O)OC(C)(C)C. The number of hydrogen-bond donors (Lipinski definition) is 0. The van der Waals surface area contributed by atoms with Crippen molar-refractivity contribution in [3.63, 3.8) is 0 Å². The number of hydrogen-bond acceptors (Lipinski definition) is 5. The zero-order chi connectivity index (χ0) is 21.2. The lowest BCUT2D eigenvalue weighted by Crippen LogP contribution is -2.56. The number of ketones is 1. The lowest BCUT2D eigenvalue weighted by atomic mass is 9.75. The number of nitrogens with zero attached hydrogens (tertiary/aromatic N) is 1. The minimum absolute atomic E-state index is 0.0547. The van der Waals surface area contributed by atoms with Crippen LogP contribution in [0.15, 0.2) is 24.3 Å². The van der Waals surface area contributed by atoms with Crippen molar-refractivity contribution in [2.24, 2.45) is 5.92 Å². The van der Waals surface area contributed by atoms with E-state index in [1.807, 2.05) is 49.9 Å². The minimum Gasteiger partial charge on any atom is -0.444 e. The Morgan fingerprint density at radius 2 is 1.62 bits per heavy atom. The van der Waals surface area contributed by atoms with E-state index in [1.54, 1.807) is 14.2 Å². The number of fused-ring (bicyclic) bond motifs is 2. The van der Waals surface area contributed by atoms with Gasteiger partial charge in [0, 0.05) is 43.3 Å². The Morgan fingerprint density at radius 3 is 2.17 bits per heavy atom. The molecule has 160 valence electrons. The fraction of sp³-hybridized carbons (Fsp3) is 0.652. The highest BCUT2D eigenvalue weighted by Crippen LogP contribution is 2.40. The molecule has 6 heteroatoms. The van der Waals surface area contributed by atoms with Crippen LogP contribution >= 0.6 is 0 Å². The van der Waals surface area contributed by atoms with Crippen LogP contribution in [0.5, 0.6) is 0 Å². The number of piperidine rings is 2. The van der Waals surface area contributed by atoms with E-state index in [4.69, 9.17) is 14.2 Å². The minimum atomic E-state index is -0.573. The zero-order valence-electron chi connectivity index (χ0n) is 18.1. The topological polar surface area (TPSA) is 65.1 Å². The molecule has 1 aromatic rings. The second-order valence-corrected chi connectivity index (χ2v) is 9.05. The molecule has 2 aliphatic heterocycles. The van der Waals surface area contributed by atoms with Crippen molar-refractivity contribution < 1.29 is 23.8 Å². The molecule has 1 aromatic carbocycles. The first kappa shape index (κ1) is 21.8. The lowest BCUT2D eigenvalue weighted by molar-refractivity contribution is -0.106. The summed E-state index contributed by atoms with van der Waals surface area (Å²) in [6, 6.07) is 7.59. The van der Waals surface area contributed by atoms with Crippen molar-refractivity contribution in [2.75, 3.05) is 14.2 Å². The molecule has 2 atom stereocenters. The van der Waals surface area contributed by atoms with Crippen molar-refractivity contribution in [3.8, 4) is 0 Å². The summed E-state index contributed by atoms with van der Waals surface area (Å²) in [5, 5.41) is 0. The molecular weight excluding hydrogens is 370 g/mol. The number of methoxy groups -OCH3 is 2. The summed E-state index contributed by atoms with van der Waals surface area (Å²) in [4.78, 5) is 28.1. The summed E-state index contributed by atoms with van der Waals surface area (Å²) < 4.78 is 16.4. The van der Waals surface area contributed by atoms with Gasteiger partial charge in [0.15, 0.2) is 12.1 Å². The van der Waals surface area contributed by atoms with Crippen LogP contribution in [-0.4, -0.2) is 48.7 Å². The standard InChI is InChI=1S/C23H33NO5/c1-23(2,3)29-22(26)24-16-9-8-10-17(24)14-15(13-16)20(25)18-11-6-7-12-19(18)21(27-4)28-5/h6-7,11-12,15-17,21H,8-10,13-14H2,1-5H3. The Labute approximate surface area is 173 Å². The maximum absolute atomic E-state index is 13.4. The third-order valence-corrected chi connectivity index (χ3v) is 5.86. The molecule has 2 bridgehead atoms. The zero-order valence-corrected chi connectivity index (χ0v) is 18.1. The molecule has 2 aliphatic rings. The molecule has 0 N–H and O–H groups in total. The first-order valence-corrected chi connectivity index (χ1v) is 10.4. The largest absolute Gasteiger partial charge is 0.444 e. The fourth-order valence-electron chi connectivity index (χ4n) is 4.71. The van der Waals surface area contributed by atoms with Gasteiger partial charge in [-0.2, -0.15) is 0 Å². The second kappa shape index (κ2) is 8.84. The van der Waals surface area contributed by atoms with Gasteiger partial charge < -0.3 is 19.1 Å². The van der Waals surface area contributed by atoms with E-state index in [1.165, 1.54) is 0 Å². The molecule has 6 nitrogen and oxygen atoms in total. The molecule has 0 spiro atoms. The van der Waals surface area contributed by atoms with Crippen LogP contribution in [0.3, 0.4) is 0 Å². The first-order valence-electron chi connectivity index (χ1n) is 10.4. The van der Waals surface area contributed by atoms with Gasteiger partial charge in [0.25, 0.3) is 0 Å². The average Bonchev–Trinajstić information content (AvgIpc) is 2.66. The van der Waals surface area contributed by atoms with Gasteiger partial charge in [-0.25, -0.2) is 4.79 Å². The lowest BCUT2D eigenvalue weighted by Gasteiger charge is -2.48. The number of carbonyl (C=O) groups is 2. The summed E-state index contributed by atoms with van der Waals surface area (Å²) in [6.07, 6.45) is 3.44. The molecule has 2 fully saturated rings. The maximum Gasteiger partial charge on any atom is 0.410 e. The van der Waals surface area contributed by atoms with E-state index < -0.39 is 11.9 Å². The van der Waals surface area contributed by atoms with Gasteiger partial charge in [-0.1, -0.05) is 24.3 Å². The molecular formula is C23H33NO5. The Bertz CT molecular complexity index is 723. The van der Waals surface area contributed by atoms with Crippen molar-refractivity contribution in [3.05, 3.63) is 35.4 Å². The van der Waals surface area contributed by atoms with Crippen molar-refractivity contribution in [1.82, 2.24) is 4.90 Å². The van der Waals surface area contributed by atoms with Gasteiger partial charge in [0.2, 0.25) is 0 Å². The van der Waals surface area contributed by atoms with E-state index in [0.717, 1.165) is 24.8 Å². The van der Waals surface area contributed by atoms with Crippen LogP contribution in [-0.2, 0) is 14.2 Å². The second-order valence-electron chi connectivity index (χ2n) is 9.05. The number of benzene rings is 1. The summed E-state index contributed by atoms with van der Waals surface area (Å²) in [6.45, 7) is 5.65. The van der Waals surface area contributed by atoms with Crippen LogP contribution < -0.4 is 0 Å². The number of amides is 1. The summed E-state index contributed by atoms with van der Waals surface area (Å²) >= 11 is 0. The predicted octanol–water partition coefficient (Wildman–Crippen LogP) is 4.73. The normalized spacial score (nSPS) is 24.5. The highest BCUT2D eigenvalue weighted by atomic mass is 16.7. The molecule has 0 radical (unpaired) electrons. The number of rotatable bonds is 5. The third kappa shape index (κ3) is 4.81. The van der Waals surface area contributed by atoms with E-state index in [2.05, 4.69) is 0 Å². The van der Waals surface area contributed by atoms with Crippen LogP contribution in [0.4, 0.5) is 4.79 Å². The molecule has 3 rings (SSSR count). The van der Waals surface area contributed by atoms with Gasteiger partial charge in [0.05, 0.1) is 0 Å². The fourth-order valence-corrected chi connectivity index (χ4v) is 4.71. The number of Topliss-reactive ketones (excluding diaryl/α,β-unsaturated/α-hetero) is 1. The van der Waals surface area contributed by atoms with E-state index >= 15 is 0 Å². The average molecular weight is 404 g/mol. The van der Waals surface area contributed by atoms with Gasteiger partial charge in [-0.05, 0) is 52.9 Å². The van der Waals surface area contributed by atoms with E-state index in [0.29, 0.717) is 18.4 Å². The van der Waals surface area contributed by atoms with Crippen LogP contribution in [0.2, 0.25) is 0 Å². The van der Waals surface area contributed by atoms with Crippen molar-refractivity contribution in [1.29, 1.82) is 0 Å². The van der Waals surface area contributed by atoms with E-state index in [9.17, 15) is 9.59 Å². The number of carbonyl (C=O) groups excluding carboxylic acids is 2. The Morgan fingerprint density at radius 1 is 1.03 bits per heavy atom. The Balaban J connectivity index is 1.80. The van der Waals surface area contributed by atoms with Crippen molar-refractivity contribution >= 4 is 11.9 Å². The maximum atomic E-state index is 13.4. The monoisotopic (exact) mass is 403 g/mol. The summed E-state index contributed by atoms with van der Waals surface area (Å²) in [5.74, 6) is -0.0000577. The Hall–Kier alpha value is -1.92. The van der Waals surface area contributed by atoms with Gasteiger partial charge >= 0.3 is 6.09 Å². The van der Waals surface area contributed by atoms with Crippen LogP contribution in [0, 0.1) is 5.92 Å². The van der Waals surface area contributed by atoms with Crippen LogP contribution in [0.25, 0.3) is 0 Å². The predicted molar refractivity (Wildman–Crippen MR) is 110 cm³/mol. The third-order valence-electron chi connectivity index (χ3n) is 5.86. The molecule has 2 unspecified atom stereocenters. The molecule has 2 saturated heterocycles.